The predicted molar refractivity (Wildman–Crippen MR) is 77.3 cm³/mol. The molecule has 1 rings (SSSR count). The van der Waals surface area contributed by atoms with Crippen LogP contribution in [0.25, 0.3) is 6.08 Å². The molecule has 0 saturated heterocycles. The van der Waals surface area contributed by atoms with Crippen molar-refractivity contribution in [1.29, 1.82) is 0 Å². The van der Waals surface area contributed by atoms with Gasteiger partial charge in [-0.3, -0.25) is 0 Å². The molecule has 0 N–H and O–H groups in total. The highest BCUT2D eigenvalue weighted by Crippen LogP contribution is 2.24. The smallest absolute Gasteiger partial charge is 0.343 e. The molecule has 0 amide bonds. The van der Waals surface area contributed by atoms with E-state index in [1.54, 1.807) is 25.1 Å². The van der Waals surface area contributed by atoms with Gasteiger partial charge in [0.05, 0.1) is 7.11 Å². The van der Waals surface area contributed by atoms with Gasteiger partial charge in [-0.2, -0.15) is 0 Å². The van der Waals surface area contributed by atoms with Gasteiger partial charge in [-0.05, 0) is 36.8 Å². The fraction of sp³-hybridized carbons (Fsp3) is 0.188. The maximum atomic E-state index is 12.2. The highest BCUT2D eigenvalue weighted by atomic mass is 16.6. The lowest BCUT2D eigenvalue weighted by Crippen LogP contribution is -2.26. The van der Waals surface area contributed by atoms with Gasteiger partial charge in [0.15, 0.2) is 0 Å². The molecule has 0 spiro atoms. The first-order valence-corrected chi connectivity index (χ1v) is 5.80. The molecule has 0 fully saturated rings. The average molecular weight is 258 g/mol. The van der Waals surface area contributed by atoms with Crippen molar-refractivity contribution in [1.82, 2.24) is 0 Å². The Bertz CT molecular complexity index is 507. The summed E-state index contributed by atoms with van der Waals surface area (Å²) in [5, 5.41) is 0. The van der Waals surface area contributed by atoms with Gasteiger partial charge in [-0.15, -0.1) is 0 Å². The Morgan fingerprint density at radius 2 is 1.89 bits per heavy atom. The molecule has 0 bridgehead atoms. The van der Waals surface area contributed by atoms with Crippen LogP contribution in [0.1, 0.15) is 22.8 Å². The van der Waals surface area contributed by atoms with Crippen LogP contribution in [-0.4, -0.2) is 18.7 Å². The third kappa shape index (κ3) is 3.35. The van der Waals surface area contributed by atoms with E-state index in [4.69, 9.17) is 9.47 Å². The summed E-state index contributed by atoms with van der Waals surface area (Å²) < 4.78 is 10.5. The number of carbonyl (C=O) groups is 1. The van der Waals surface area contributed by atoms with Crippen molar-refractivity contribution in [2.45, 2.75) is 12.5 Å². The first kappa shape index (κ1) is 14.8. The van der Waals surface area contributed by atoms with Crippen LogP contribution in [0, 0.1) is 0 Å². The summed E-state index contributed by atoms with van der Waals surface area (Å²) in [5.74, 6) is -0.0473. The molecule has 0 heterocycles. The number of carbonyl (C=O) groups excluding carboxylic acids is 1. The second-order valence-corrected chi connectivity index (χ2v) is 4.15. The van der Waals surface area contributed by atoms with Crippen LogP contribution < -0.4 is 4.74 Å². The highest BCUT2D eigenvalue weighted by Gasteiger charge is 2.24. The molecule has 0 unspecified atom stereocenters. The van der Waals surface area contributed by atoms with Gasteiger partial charge in [0.25, 0.3) is 0 Å². The summed E-state index contributed by atoms with van der Waals surface area (Å²) in [6.07, 6.45) is 4.68. The fourth-order valence-electron chi connectivity index (χ4n) is 1.43. The third-order valence-corrected chi connectivity index (χ3v) is 2.80. The zero-order valence-electron chi connectivity index (χ0n) is 11.3. The number of rotatable bonds is 6. The van der Waals surface area contributed by atoms with Crippen LogP contribution in [0.15, 0.2) is 50.1 Å². The minimum atomic E-state index is -0.910. The minimum Gasteiger partial charge on any atom is -0.496 e. The van der Waals surface area contributed by atoms with Gasteiger partial charge in [-0.1, -0.05) is 31.9 Å². The van der Waals surface area contributed by atoms with Crippen LogP contribution in [0.4, 0.5) is 0 Å². The van der Waals surface area contributed by atoms with E-state index in [9.17, 15) is 4.79 Å². The molecule has 0 atom stereocenters. The van der Waals surface area contributed by atoms with Crippen molar-refractivity contribution in [2.24, 2.45) is 0 Å². The van der Waals surface area contributed by atoms with Crippen LogP contribution in [0.2, 0.25) is 0 Å². The number of benzene rings is 1. The summed E-state index contributed by atoms with van der Waals surface area (Å²) in [5.41, 5.74) is 0.244. The van der Waals surface area contributed by atoms with E-state index in [-0.39, 0.29) is 0 Å². The SMILES string of the molecule is C=Cc1ccc(OC)c(C(=O)OC(C)(C=C)C=C)c1. The molecule has 3 nitrogen and oxygen atoms in total. The fourth-order valence-corrected chi connectivity index (χ4v) is 1.43. The number of methoxy groups -OCH3 is 1. The van der Waals surface area contributed by atoms with Crippen LogP contribution in [0.3, 0.4) is 0 Å². The standard InChI is InChI=1S/C16H18O3/c1-6-12-9-10-14(18-5)13(11-12)15(17)19-16(4,7-2)8-3/h6-11H,1-3H2,4-5H3. The molecular weight excluding hydrogens is 240 g/mol. The molecule has 1 aromatic carbocycles. The Morgan fingerprint density at radius 1 is 1.26 bits per heavy atom. The molecule has 0 saturated carbocycles. The molecule has 0 aliphatic heterocycles. The number of hydrogen-bond acceptors (Lipinski definition) is 3. The summed E-state index contributed by atoms with van der Waals surface area (Å²) in [7, 11) is 1.50. The molecular formula is C16H18O3. The van der Waals surface area contributed by atoms with E-state index in [0.29, 0.717) is 11.3 Å². The zero-order valence-corrected chi connectivity index (χ0v) is 11.3. The lowest BCUT2D eigenvalue weighted by molar-refractivity contribution is 0.0256. The van der Waals surface area contributed by atoms with E-state index in [2.05, 4.69) is 19.7 Å². The maximum absolute atomic E-state index is 12.2. The van der Waals surface area contributed by atoms with Crippen LogP contribution in [-0.2, 0) is 4.74 Å². The maximum Gasteiger partial charge on any atom is 0.343 e. The van der Waals surface area contributed by atoms with Crippen molar-refractivity contribution in [3.05, 3.63) is 61.2 Å². The number of ether oxygens (including phenoxy) is 2. The van der Waals surface area contributed by atoms with E-state index >= 15 is 0 Å². The van der Waals surface area contributed by atoms with E-state index in [1.807, 2.05) is 6.07 Å². The third-order valence-electron chi connectivity index (χ3n) is 2.80. The van der Waals surface area contributed by atoms with Gasteiger partial charge in [0, 0.05) is 0 Å². The second-order valence-electron chi connectivity index (χ2n) is 4.15. The molecule has 0 aromatic heterocycles. The van der Waals surface area contributed by atoms with Gasteiger partial charge < -0.3 is 9.47 Å². The first-order chi connectivity index (χ1) is 8.99. The lowest BCUT2D eigenvalue weighted by atomic mass is 10.1. The van der Waals surface area contributed by atoms with Gasteiger partial charge in [0.1, 0.15) is 16.9 Å². The predicted octanol–water partition coefficient (Wildman–Crippen LogP) is 3.63. The van der Waals surface area contributed by atoms with Crippen molar-refractivity contribution in [3.63, 3.8) is 0 Å². The summed E-state index contributed by atoms with van der Waals surface area (Å²) in [6.45, 7) is 12.6. The first-order valence-electron chi connectivity index (χ1n) is 5.80. The quantitative estimate of drug-likeness (QED) is 0.577. The van der Waals surface area contributed by atoms with Gasteiger partial charge in [0.2, 0.25) is 0 Å². The Morgan fingerprint density at radius 3 is 2.37 bits per heavy atom. The monoisotopic (exact) mass is 258 g/mol. The Hall–Kier alpha value is -2.29. The van der Waals surface area contributed by atoms with Gasteiger partial charge >= 0.3 is 5.97 Å². The van der Waals surface area contributed by atoms with Crippen molar-refractivity contribution in [2.75, 3.05) is 7.11 Å². The van der Waals surface area contributed by atoms with Crippen LogP contribution in [0.5, 0.6) is 5.75 Å². The minimum absolute atomic E-state index is 0.342. The molecule has 0 aliphatic carbocycles. The molecule has 0 radical (unpaired) electrons. The summed E-state index contributed by atoms with van der Waals surface area (Å²) in [4.78, 5) is 12.2. The molecule has 3 heteroatoms. The highest BCUT2D eigenvalue weighted by molar-refractivity contribution is 5.93. The van der Waals surface area contributed by atoms with Crippen molar-refractivity contribution < 1.29 is 14.3 Å². The molecule has 100 valence electrons. The normalized spacial score (nSPS) is 10.4. The Kier molecular flexibility index (Phi) is 4.70. The van der Waals surface area contributed by atoms with Crippen molar-refractivity contribution in [3.8, 4) is 5.75 Å². The topological polar surface area (TPSA) is 35.5 Å². The Balaban J connectivity index is 3.14. The number of hydrogen-bond donors (Lipinski definition) is 0. The van der Waals surface area contributed by atoms with Crippen molar-refractivity contribution >= 4 is 12.0 Å². The van der Waals surface area contributed by atoms with E-state index in [0.717, 1.165) is 5.56 Å². The zero-order chi connectivity index (χ0) is 14.5. The second kappa shape index (κ2) is 6.05. The Labute approximate surface area is 113 Å². The lowest BCUT2D eigenvalue weighted by Gasteiger charge is -2.22. The average Bonchev–Trinajstić information content (AvgIpc) is 2.46. The van der Waals surface area contributed by atoms with Gasteiger partial charge in [-0.25, -0.2) is 4.79 Å². The molecule has 1 aromatic rings. The van der Waals surface area contributed by atoms with Crippen LogP contribution >= 0.6 is 0 Å². The van der Waals surface area contributed by atoms with E-state index < -0.39 is 11.6 Å². The largest absolute Gasteiger partial charge is 0.496 e. The molecule has 19 heavy (non-hydrogen) atoms. The summed E-state index contributed by atoms with van der Waals surface area (Å²) >= 11 is 0. The molecule has 0 aliphatic rings. The summed E-state index contributed by atoms with van der Waals surface area (Å²) in [6, 6.07) is 5.18. The number of esters is 1. The van der Waals surface area contributed by atoms with E-state index in [1.165, 1.54) is 19.3 Å².